The molecule has 4 aromatic carbocycles. The zero-order chi connectivity index (χ0) is 15.5. The molecule has 0 spiro atoms. The topological polar surface area (TPSA) is 41.6 Å². The fourth-order valence-corrected chi connectivity index (χ4v) is 2.80. The first-order chi connectivity index (χ1) is 11.4. The minimum absolute atomic E-state index is 1.31. The summed E-state index contributed by atoms with van der Waals surface area (Å²) in [5, 5.41) is 13.8. The van der Waals surface area contributed by atoms with E-state index in [9.17, 15) is 0 Å². The predicted octanol–water partition coefficient (Wildman–Crippen LogP) is 4.95. The summed E-state index contributed by atoms with van der Waals surface area (Å²) in [7, 11) is 0. The van der Waals surface area contributed by atoms with Gasteiger partial charge in [-0.15, -0.1) is 0 Å². The molecule has 0 saturated carbocycles. The van der Waals surface area contributed by atoms with Crippen molar-refractivity contribution < 1.29 is 0 Å². The lowest BCUT2D eigenvalue weighted by molar-refractivity contribution is 1.09. The number of hydrogen-bond donors (Lipinski definition) is 1. The summed E-state index contributed by atoms with van der Waals surface area (Å²) in [6.07, 6.45) is 2.96. The predicted molar refractivity (Wildman–Crippen MR) is 95.3 cm³/mol. The smallest absolute Gasteiger partial charge is 0.137 e. The Morgan fingerprint density at radius 1 is 0.565 bits per heavy atom. The largest absolute Gasteiger partial charge is 0.266 e. The number of benzene rings is 4. The molecule has 3 nitrogen and oxygen atoms in total. The van der Waals surface area contributed by atoms with Gasteiger partial charge in [0.2, 0.25) is 0 Å². The van der Waals surface area contributed by atoms with Crippen LogP contribution in [-0.4, -0.2) is 15.2 Å². The van der Waals surface area contributed by atoms with Gasteiger partial charge in [-0.3, -0.25) is 5.10 Å². The van der Waals surface area contributed by atoms with Crippen LogP contribution in [-0.2, 0) is 0 Å². The minimum Gasteiger partial charge on any atom is -0.266 e. The number of aromatic nitrogens is 3. The van der Waals surface area contributed by atoms with Crippen molar-refractivity contribution >= 4 is 32.3 Å². The molecule has 5 aromatic rings. The Bertz CT molecular complexity index is 905. The second kappa shape index (κ2) is 5.89. The van der Waals surface area contributed by atoms with Crippen LogP contribution >= 0.6 is 0 Å². The quantitative estimate of drug-likeness (QED) is 0.411. The van der Waals surface area contributed by atoms with Crippen LogP contribution < -0.4 is 0 Å². The molecule has 110 valence electrons. The molecule has 0 bridgehead atoms. The zero-order valence-corrected chi connectivity index (χ0v) is 12.5. The number of H-pyrrole nitrogens is 1. The Balaban J connectivity index is 0.000000233. The fraction of sp³-hybridized carbons (Fsp3) is 0. The third-order valence-corrected chi connectivity index (χ3v) is 3.90. The van der Waals surface area contributed by atoms with Crippen molar-refractivity contribution in [2.75, 3.05) is 0 Å². The first kappa shape index (κ1) is 13.5. The van der Waals surface area contributed by atoms with E-state index < -0.39 is 0 Å². The van der Waals surface area contributed by atoms with Gasteiger partial charge in [-0.25, -0.2) is 4.98 Å². The van der Waals surface area contributed by atoms with Crippen LogP contribution in [0.3, 0.4) is 0 Å². The van der Waals surface area contributed by atoms with Crippen molar-refractivity contribution in [1.29, 1.82) is 0 Å². The third kappa shape index (κ3) is 2.77. The van der Waals surface area contributed by atoms with Crippen LogP contribution in [0.5, 0.6) is 0 Å². The average molecular weight is 297 g/mol. The van der Waals surface area contributed by atoms with Crippen LogP contribution in [0.25, 0.3) is 32.3 Å². The minimum atomic E-state index is 1.31. The zero-order valence-electron chi connectivity index (χ0n) is 12.5. The molecule has 23 heavy (non-hydrogen) atoms. The van der Waals surface area contributed by atoms with Crippen LogP contribution in [0.2, 0.25) is 0 Å². The summed E-state index contributed by atoms with van der Waals surface area (Å²) < 4.78 is 0. The van der Waals surface area contributed by atoms with E-state index >= 15 is 0 Å². The molecule has 0 aliphatic rings. The van der Waals surface area contributed by atoms with E-state index in [1.54, 1.807) is 0 Å². The molecule has 0 saturated heterocycles. The van der Waals surface area contributed by atoms with Gasteiger partial charge in [0.15, 0.2) is 0 Å². The SMILES string of the molecule is c1ccc2cc3cc4ccccc4cc3cc2c1.c1nc[nH]n1. The highest BCUT2D eigenvalue weighted by molar-refractivity contribution is 6.04. The molecule has 5 rings (SSSR count). The van der Waals surface area contributed by atoms with Crippen LogP contribution in [0.15, 0.2) is 85.5 Å². The Labute approximate surface area is 133 Å². The maximum atomic E-state index is 3.56. The van der Waals surface area contributed by atoms with E-state index in [0.29, 0.717) is 0 Å². The summed E-state index contributed by atoms with van der Waals surface area (Å²) in [6, 6.07) is 26.2. The summed E-state index contributed by atoms with van der Waals surface area (Å²) >= 11 is 0. The lowest BCUT2D eigenvalue weighted by Crippen LogP contribution is -1.78. The monoisotopic (exact) mass is 297 g/mol. The number of aromatic amines is 1. The van der Waals surface area contributed by atoms with E-state index in [0.717, 1.165) is 0 Å². The lowest BCUT2D eigenvalue weighted by Gasteiger charge is -2.04. The molecule has 1 aromatic heterocycles. The van der Waals surface area contributed by atoms with E-state index in [1.165, 1.54) is 45.0 Å². The molecule has 1 N–H and O–H groups in total. The second-order valence-electron chi connectivity index (χ2n) is 5.40. The molecular weight excluding hydrogens is 282 g/mol. The average Bonchev–Trinajstić information content (AvgIpc) is 3.18. The van der Waals surface area contributed by atoms with Crippen molar-refractivity contribution in [2.45, 2.75) is 0 Å². The molecular formula is C20H15N3. The van der Waals surface area contributed by atoms with E-state index in [4.69, 9.17) is 0 Å². The number of fused-ring (bicyclic) bond motifs is 3. The van der Waals surface area contributed by atoms with Gasteiger partial charge in [0.25, 0.3) is 0 Å². The number of nitrogens with one attached hydrogen (secondary N) is 1. The number of rotatable bonds is 0. The summed E-state index contributed by atoms with van der Waals surface area (Å²) in [6.45, 7) is 0. The van der Waals surface area contributed by atoms with Gasteiger partial charge in [0.05, 0.1) is 0 Å². The molecule has 3 heteroatoms. The van der Waals surface area contributed by atoms with E-state index in [-0.39, 0.29) is 0 Å². The molecule has 0 aliphatic heterocycles. The highest BCUT2D eigenvalue weighted by Crippen LogP contribution is 2.27. The van der Waals surface area contributed by atoms with Crippen molar-refractivity contribution in [3.8, 4) is 0 Å². The standard InChI is InChI=1S/C18H12.C2H3N3/c1-2-6-14-10-18-12-16-8-4-3-7-15(16)11-17(18)9-13(14)5-1;1-3-2-5-4-1/h1-12H;1-2H,(H,3,4,5). The maximum absolute atomic E-state index is 3.56. The van der Waals surface area contributed by atoms with Crippen LogP contribution in [0, 0.1) is 0 Å². The third-order valence-electron chi connectivity index (χ3n) is 3.90. The van der Waals surface area contributed by atoms with Crippen LogP contribution in [0.4, 0.5) is 0 Å². The first-order valence-electron chi connectivity index (χ1n) is 7.50. The molecule has 0 amide bonds. The molecule has 0 radical (unpaired) electrons. The number of nitrogens with zero attached hydrogens (tertiary/aromatic N) is 2. The number of hydrogen-bond acceptors (Lipinski definition) is 2. The van der Waals surface area contributed by atoms with Gasteiger partial charge >= 0.3 is 0 Å². The Kier molecular flexibility index (Phi) is 3.45. The van der Waals surface area contributed by atoms with E-state index in [2.05, 4.69) is 88.0 Å². The maximum Gasteiger partial charge on any atom is 0.137 e. The van der Waals surface area contributed by atoms with Crippen molar-refractivity contribution in [2.24, 2.45) is 0 Å². The lowest BCUT2D eigenvalue weighted by atomic mass is 10.00. The van der Waals surface area contributed by atoms with Gasteiger partial charge in [-0.05, 0) is 56.6 Å². The first-order valence-corrected chi connectivity index (χ1v) is 7.50. The normalized spacial score (nSPS) is 10.6. The van der Waals surface area contributed by atoms with Crippen molar-refractivity contribution in [3.05, 3.63) is 85.5 Å². The van der Waals surface area contributed by atoms with Gasteiger partial charge in [0, 0.05) is 0 Å². The van der Waals surface area contributed by atoms with Crippen molar-refractivity contribution in [1.82, 2.24) is 15.2 Å². The molecule has 0 atom stereocenters. The highest BCUT2D eigenvalue weighted by Gasteiger charge is 2.00. The Morgan fingerprint density at radius 3 is 1.26 bits per heavy atom. The Morgan fingerprint density at radius 2 is 1.00 bits per heavy atom. The summed E-state index contributed by atoms with van der Waals surface area (Å²) in [5.41, 5.74) is 0. The van der Waals surface area contributed by atoms with Crippen LogP contribution in [0.1, 0.15) is 0 Å². The summed E-state index contributed by atoms with van der Waals surface area (Å²) in [4.78, 5) is 3.56. The Hall–Kier alpha value is -3.20. The van der Waals surface area contributed by atoms with Crippen molar-refractivity contribution in [3.63, 3.8) is 0 Å². The van der Waals surface area contributed by atoms with Gasteiger partial charge in [0.1, 0.15) is 12.7 Å². The molecule has 0 fully saturated rings. The second-order valence-corrected chi connectivity index (χ2v) is 5.40. The molecule has 0 aliphatic carbocycles. The fourth-order valence-electron chi connectivity index (χ4n) is 2.80. The molecule has 1 heterocycles. The highest BCUT2D eigenvalue weighted by atomic mass is 15.2. The van der Waals surface area contributed by atoms with E-state index in [1.807, 2.05) is 0 Å². The van der Waals surface area contributed by atoms with Gasteiger partial charge in [-0.2, -0.15) is 5.10 Å². The molecule has 0 unspecified atom stereocenters. The van der Waals surface area contributed by atoms with Gasteiger partial charge in [-0.1, -0.05) is 48.5 Å². The summed E-state index contributed by atoms with van der Waals surface area (Å²) in [5.74, 6) is 0. The van der Waals surface area contributed by atoms with Gasteiger partial charge < -0.3 is 0 Å².